The fourth-order valence-electron chi connectivity index (χ4n) is 3.16. The van der Waals surface area contributed by atoms with Gasteiger partial charge in [0, 0.05) is 35.7 Å². The quantitative estimate of drug-likeness (QED) is 0.802. The highest BCUT2D eigenvalue weighted by atomic mass is 79.9. The summed E-state index contributed by atoms with van der Waals surface area (Å²) in [5, 5.41) is 2.98. The Hall–Kier alpha value is -1.27. The van der Waals surface area contributed by atoms with Gasteiger partial charge < -0.3 is 14.8 Å². The van der Waals surface area contributed by atoms with Gasteiger partial charge in [-0.1, -0.05) is 15.9 Å². The largest absolute Gasteiger partial charge is 0.496 e. The second kappa shape index (κ2) is 8.41. The van der Waals surface area contributed by atoms with Crippen molar-refractivity contribution in [1.82, 2.24) is 10.2 Å². The van der Waals surface area contributed by atoms with Crippen molar-refractivity contribution in [2.75, 3.05) is 20.2 Å². The molecule has 1 N–H and O–H groups in total. The van der Waals surface area contributed by atoms with Crippen LogP contribution in [0.15, 0.2) is 16.6 Å². The van der Waals surface area contributed by atoms with Gasteiger partial charge in [0.2, 0.25) is 0 Å². The smallest absolute Gasteiger partial charge is 0.407 e. The molecule has 1 saturated heterocycles. The van der Waals surface area contributed by atoms with Gasteiger partial charge >= 0.3 is 6.09 Å². The molecule has 1 aromatic carbocycles. The predicted molar refractivity (Wildman–Crippen MR) is 103 cm³/mol. The van der Waals surface area contributed by atoms with Gasteiger partial charge in [0.15, 0.2) is 0 Å². The molecule has 0 aromatic heterocycles. The number of alkyl carbamates (subject to hydrolysis) is 1. The van der Waals surface area contributed by atoms with Crippen LogP contribution in [-0.4, -0.2) is 42.8 Å². The lowest BCUT2D eigenvalue weighted by molar-refractivity contribution is 0.0477. The Kier molecular flexibility index (Phi) is 6.74. The molecule has 1 aliphatic heterocycles. The highest BCUT2D eigenvalue weighted by molar-refractivity contribution is 9.10. The van der Waals surface area contributed by atoms with E-state index in [9.17, 15) is 4.79 Å². The minimum Gasteiger partial charge on any atom is -0.496 e. The van der Waals surface area contributed by atoms with Gasteiger partial charge in [0.1, 0.15) is 11.4 Å². The average molecular weight is 413 g/mol. The third kappa shape index (κ3) is 6.19. The molecule has 0 spiro atoms. The first-order valence-electron chi connectivity index (χ1n) is 8.73. The van der Waals surface area contributed by atoms with Gasteiger partial charge in [-0.3, -0.25) is 4.90 Å². The Morgan fingerprint density at radius 2 is 1.96 bits per heavy atom. The van der Waals surface area contributed by atoms with E-state index in [-0.39, 0.29) is 12.1 Å². The van der Waals surface area contributed by atoms with Gasteiger partial charge in [0.25, 0.3) is 0 Å². The molecule has 5 nitrogen and oxygen atoms in total. The molecule has 1 heterocycles. The van der Waals surface area contributed by atoms with Crippen LogP contribution in [0, 0.1) is 6.92 Å². The van der Waals surface area contributed by atoms with Gasteiger partial charge in [-0.05, 0) is 58.2 Å². The standard InChI is InChI=1S/C19H29BrN2O3/c1-13-10-15(20)11-14(17(13)24-5)12-22-8-6-16(7-9-22)21-18(23)25-19(2,3)4/h10-11,16H,6-9,12H2,1-5H3,(H,21,23). The number of methoxy groups -OCH3 is 1. The molecule has 25 heavy (non-hydrogen) atoms. The molecular formula is C19H29BrN2O3. The van der Waals surface area contributed by atoms with Gasteiger partial charge in [-0.15, -0.1) is 0 Å². The van der Waals surface area contributed by atoms with Crippen LogP contribution >= 0.6 is 15.9 Å². The number of nitrogens with zero attached hydrogens (tertiary/aromatic N) is 1. The number of aryl methyl sites for hydroxylation is 1. The van der Waals surface area contributed by atoms with Crippen molar-refractivity contribution in [3.63, 3.8) is 0 Å². The predicted octanol–water partition coefficient (Wildman–Crippen LogP) is 4.26. The summed E-state index contributed by atoms with van der Waals surface area (Å²) < 4.78 is 12.0. The fraction of sp³-hybridized carbons (Fsp3) is 0.632. The van der Waals surface area contributed by atoms with Crippen LogP contribution in [0.4, 0.5) is 4.79 Å². The first-order valence-corrected chi connectivity index (χ1v) is 9.52. The number of carbonyl (C=O) groups is 1. The minimum absolute atomic E-state index is 0.178. The lowest BCUT2D eigenvalue weighted by atomic mass is 10.0. The number of hydrogen-bond acceptors (Lipinski definition) is 4. The third-order valence-electron chi connectivity index (χ3n) is 4.22. The normalized spacial score (nSPS) is 16.6. The summed E-state index contributed by atoms with van der Waals surface area (Å²) in [5.41, 5.74) is 1.86. The Morgan fingerprint density at radius 3 is 2.52 bits per heavy atom. The van der Waals surface area contributed by atoms with E-state index in [2.05, 4.69) is 45.2 Å². The molecule has 0 aliphatic carbocycles. The van der Waals surface area contributed by atoms with Crippen molar-refractivity contribution in [2.45, 2.75) is 58.7 Å². The van der Waals surface area contributed by atoms with E-state index in [1.807, 2.05) is 20.8 Å². The summed E-state index contributed by atoms with van der Waals surface area (Å²) in [6, 6.07) is 4.37. The van der Waals surface area contributed by atoms with Gasteiger partial charge in [0.05, 0.1) is 7.11 Å². The second-order valence-corrected chi connectivity index (χ2v) is 8.53. The Bertz CT molecular complexity index is 605. The number of rotatable bonds is 4. The van der Waals surface area contributed by atoms with Crippen molar-refractivity contribution >= 4 is 22.0 Å². The molecule has 140 valence electrons. The Balaban J connectivity index is 1.88. The molecule has 1 aromatic rings. The zero-order chi connectivity index (χ0) is 18.6. The number of halogens is 1. The maximum absolute atomic E-state index is 11.9. The zero-order valence-corrected chi connectivity index (χ0v) is 17.4. The molecule has 1 fully saturated rings. The molecule has 6 heteroatoms. The number of amides is 1. The van der Waals surface area contributed by atoms with E-state index in [1.54, 1.807) is 7.11 Å². The minimum atomic E-state index is -0.458. The van der Waals surface area contributed by atoms with E-state index >= 15 is 0 Å². The number of piperidine rings is 1. The van der Waals surface area contributed by atoms with Crippen molar-refractivity contribution in [2.24, 2.45) is 0 Å². The van der Waals surface area contributed by atoms with Crippen molar-refractivity contribution in [3.05, 3.63) is 27.7 Å². The molecule has 1 amide bonds. The maximum Gasteiger partial charge on any atom is 0.407 e. The van der Waals surface area contributed by atoms with Crippen LogP contribution in [0.2, 0.25) is 0 Å². The molecule has 0 radical (unpaired) electrons. The Labute approximate surface area is 159 Å². The van der Waals surface area contributed by atoms with Crippen LogP contribution in [0.3, 0.4) is 0 Å². The summed E-state index contributed by atoms with van der Waals surface area (Å²) in [4.78, 5) is 14.3. The van der Waals surface area contributed by atoms with E-state index in [0.29, 0.717) is 0 Å². The van der Waals surface area contributed by atoms with E-state index in [1.165, 1.54) is 5.56 Å². The second-order valence-electron chi connectivity index (χ2n) is 7.61. The maximum atomic E-state index is 11.9. The summed E-state index contributed by atoms with van der Waals surface area (Å²) in [5.74, 6) is 0.956. The SMILES string of the molecule is COc1c(C)cc(Br)cc1CN1CCC(NC(=O)OC(C)(C)C)CC1. The highest BCUT2D eigenvalue weighted by Gasteiger charge is 2.24. The Morgan fingerprint density at radius 1 is 1.32 bits per heavy atom. The molecule has 0 atom stereocenters. The van der Waals surface area contributed by atoms with Crippen LogP contribution in [0.25, 0.3) is 0 Å². The highest BCUT2D eigenvalue weighted by Crippen LogP contribution is 2.29. The number of nitrogens with one attached hydrogen (secondary N) is 1. The lowest BCUT2D eigenvalue weighted by Crippen LogP contribution is -2.45. The monoisotopic (exact) mass is 412 g/mol. The van der Waals surface area contributed by atoms with Gasteiger partial charge in [-0.2, -0.15) is 0 Å². The number of ether oxygens (including phenoxy) is 2. The zero-order valence-electron chi connectivity index (χ0n) is 15.8. The van der Waals surface area contributed by atoms with Crippen molar-refractivity contribution in [3.8, 4) is 5.75 Å². The number of likely N-dealkylation sites (tertiary alicyclic amines) is 1. The fourth-order valence-corrected chi connectivity index (χ4v) is 3.78. The van der Waals surface area contributed by atoms with E-state index < -0.39 is 5.60 Å². The summed E-state index contributed by atoms with van der Waals surface area (Å²) in [6.07, 6.45) is 1.53. The third-order valence-corrected chi connectivity index (χ3v) is 4.68. The molecular weight excluding hydrogens is 384 g/mol. The average Bonchev–Trinajstić information content (AvgIpc) is 2.47. The van der Waals surface area contributed by atoms with Crippen LogP contribution in [0.5, 0.6) is 5.75 Å². The lowest BCUT2D eigenvalue weighted by Gasteiger charge is -2.33. The topological polar surface area (TPSA) is 50.8 Å². The first kappa shape index (κ1) is 20.0. The van der Waals surface area contributed by atoms with Crippen LogP contribution in [-0.2, 0) is 11.3 Å². The van der Waals surface area contributed by atoms with E-state index in [0.717, 1.165) is 48.3 Å². The van der Waals surface area contributed by atoms with Crippen molar-refractivity contribution in [1.29, 1.82) is 0 Å². The molecule has 0 unspecified atom stereocenters. The number of benzene rings is 1. The summed E-state index contributed by atoms with van der Waals surface area (Å²) >= 11 is 3.57. The molecule has 0 saturated carbocycles. The van der Waals surface area contributed by atoms with Crippen LogP contribution in [0.1, 0.15) is 44.7 Å². The first-order chi connectivity index (χ1) is 11.7. The van der Waals surface area contributed by atoms with E-state index in [4.69, 9.17) is 9.47 Å². The molecule has 1 aliphatic rings. The summed E-state index contributed by atoms with van der Waals surface area (Å²) in [7, 11) is 1.72. The number of hydrogen-bond donors (Lipinski definition) is 1. The molecule has 0 bridgehead atoms. The van der Waals surface area contributed by atoms with Gasteiger partial charge in [-0.25, -0.2) is 4.79 Å². The number of carbonyl (C=O) groups excluding carboxylic acids is 1. The molecule has 2 rings (SSSR count). The van der Waals surface area contributed by atoms with Crippen molar-refractivity contribution < 1.29 is 14.3 Å². The summed E-state index contributed by atoms with van der Waals surface area (Å²) in [6.45, 7) is 10.4. The van der Waals surface area contributed by atoms with Crippen LogP contribution < -0.4 is 10.1 Å².